The molecule has 1 amide bonds. The summed E-state index contributed by atoms with van der Waals surface area (Å²) in [6.07, 6.45) is 1.65. The zero-order valence-corrected chi connectivity index (χ0v) is 16.9. The van der Waals surface area contributed by atoms with Crippen LogP contribution in [-0.2, 0) is 0 Å². The highest BCUT2D eigenvalue weighted by Crippen LogP contribution is 2.19. The second-order valence-electron chi connectivity index (χ2n) is 6.71. The maximum atomic E-state index is 12.2. The third kappa shape index (κ3) is 5.97. The Kier molecular flexibility index (Phi) is 6.68. The van der Waals surface area contributed by atoms with E-state index in [1.165, 1.54) is 11.1 Å². The highest BCUT2D eigenvalue weighted by Gasteiger charge is 2.07. The quantitative estimate of drug-likeness (QED) is 0.562. The van der Waals surface area contributed by atoms with Crippen LogP contribution in [0.4, 0.5) is 11.4 Å². The molecule has 1 heterocycles. The van der Waals surface area contributed by atoms with Gasteiger partial charge in [-0.3, -0.25) is 4.79 Å². The van der Waals surface area contributed by atoms with E-state index in [2.05, 4.69) is 47.7 Å². The number of aromatic nitrogens is 1. The molecular weight excluding hydrogens is 366 g/mol. The van der Waals surface area contributed by atoms with Crippen molar-refractivity contribution in [3.8, 4) is 11.5 Å². The number of amides is 1. The Bertz CT molecular complexity index is 934. The Morgan fingerprint density at radius 3 is 2.24 bits per heavy atom. The first-order valence-electron chi connectivity index (χ1n) is 9.40. The number of benzene rings is 2. The van der Waals surface area contributed by atoms with Crippen molar-refractivity contribution in [1.29, 1.82) is 0 Å². The monoisotopic (exact) mass is 391 g/mol. The molecule has 29 heavy (non-hydrogen) atoms. The SMILES string of the molecule is COc1ccc(OCCNC(=O)c2ccc(Nc3cc(C)cc(C)c3)cn2)cc1. The van der Waals surface area contributed by atoms with Crippen LogP contribution in [0.3, 0.4) is 0 Å². The van der Waals surface area contributed by atoms with Gasteiger partial charge in [-0.2, -0.15) is 0 Å². The van der Waals surface area contributed by atoms with Crippen LogP contribution in [0.5, 0.6) is 11.5 Å². The Morgan fingerprint density at radius 1 is 0.931 bits per heavy atom. The molecule has 0 aliphatic rings. The zero-order valence-electron chi connectivity index (χ0n) is 16.9. The fourth-order valence-electron chi connectivity index (χ4n) is 2.91. The van der Waals surface area contributed by atoms with Crippen molar-refractivity contribution in [3.63, 3.8) is 0 Å². The first kappa shape index (κ1) is 20.2. The second kappa shape index (κ2) is 9.59. The lowest BCUT2D eigenvalue weighted by molar-refractivity contribution is 0.0942. The van der Waals surface area contributed by atoms with Crippen molar-refractivity contribution in [2.24, 2.45) is 0 Å². The highest BCUT2D eigenvalue weighted by atomic mass is 16.5. The van der Waals surface area contributed by atoms with Crippen LogP contribution in [0, 0.1) is 13.8 Å². The number of nitrogens with one attached hydrogen (secondary N) is 2. The van der Waals surface area contributed by atoms with E-state index in [-0.39, 0.29) is 5.91 Å². The number of pyridine rings is 1. The van der Waals surface area contributed by atoms with Gasteiger partial charge < -0.3 is 20.1 Å². The number of aryl methyl sites for hydroxylation is 2. The molecule has 150 valence electrons. The molecule has 0 spiro atoms. The van der Waals surface area contributed by atoms with Crippen LogP contribution in [-0.4, -0.2) is 31.2 Å². The average Bonchev–Trinajstić information content (AvgIpc) is 2.71. The summed E-state index contributed by atoms with van der Waals surface area (Å²) in [5.74, 6) is 1.26. The van der Waals surface area contributed by atoms with Crippen molar-refractivity contribution in [1.82, 2.24) is 10.3 Å². The van der Waals surface area contributed by atoms with Crippen LogP contribution >= 0.6 is 0 Å². The molecule has 0 aliphatic heterocycles. The van der Waals surface area contributed by atoms with E-state index in [1.807, 2.05) is 30.3 Å². The molecule has 3 aromatic rings. The molecule has 0 fully saturated rings. The standard InChI is InChI=1S/C23H25N3O3/c1-16-12-17(2)14-19(13-16)26-18-4-9-22(25-15-18)23(27)24-10-11-29-21-7-5-20(28-3)6-8-21/h4-9,12-15,26H,10-11H2,1-3H3,(H,24,27). The van der Waals surface area contributed by atoms with Crippen LogP contribution in [0.1, 0.15) is 21.6 Å². The van der Waals surface area contributed by atoms with Crippen molar-refractivity contribution in [2.75, 3.05) is 25.6 Å². The van der Waals surface area contributed by atoms with E-state index in [0.717, 1.165) is 22.9 Å². The molecule has 0 aliphatic carbocycles. The molecule has 0 atom stereocenters. The lowest BCUT2D eigenvalue weighted by Gasteiger charge is -2.10. The molecule has 3 rings (SSSR count). The first-order valence-corrected chi connectivity index (χ1v) is 9.40. The van der Waals surface area contributed by atoms with Gasteiger partial charge in [-0.25, -0.2) is 4.98 Å². The van der Waals surface area contributed by atoms with Crippen molar-refractivity contribution < 1.29 is 14.3 Å². The Labute approximate surface area is 170 Å². The smallest absolute Gasteiger partial charge is 0.269 e. The number of anilines is 2. The van der Waals surface area contributed by atoms with Gasteiger partial charge in [0.05, 0.1) is 25.5 Å². The molecule has 6 heteroatoms. The summed E-state index contributed by atoms with van der Waals surface area (Å²) in [7, 11) is 1.62. The van der Waals surface area contributed by atoms with Gasteiger partial charge in [0, 0.05) is 5.69 Å². The predicted octanol–water partition coefficient (Wildman–Crippen LogP) is 4.26. The van der Waals surface area contributed by atoms with Crippen molar-refractivity contribution in [3.05, 3.63) is 77.6 Å². The zero-order chi connectivity index (χ0) is 20.6. The Hall–Kier alpha value is -3.54. The summed E-state index contributed by atoms with van der Waals surface area (Å²) in [6.45, 7) is 4.87. The molecule has 6 nitrogen and oxygen atoms in total. The topological polar surface area (TPSA) is 72.5 Å². The van der Waals surface area contributed by atoms with Crippen LogP contribution in [0.2, 0.25) is 0 Å². The number of carbonyl (C=O) groups is 1. The number of hydrogen-bond donors (Lipinski definition) is 2. The fraction of sp³-hybridized carbons (Fsp3) is 0.217. The number of ether oxygens (including phenoxy) is 2. The number of carbonyl (C=O) groups excluding carboxylic acids is 1. The first-order chi connectivity index (χ1) is 14.0. The largest absolute Gasteiger partial charge is 0.497 e. The lowest BCUT2D eigenvalue weighted by Crippen LogP contribution is -2.28. The van der Waals surface area contributed by atoms with Gasteiger partial charge in [0.25, 0.3) is 5.91 Å². The fourth-order valence-corrected chi connectivity index (χ4v) is 2.91. The van der Waals surface area contributed by atoms with Gasteiger partial charge in [0.1, 0.15) is 23.8 Å². The number of methoxy groups -OCH3 is 1. The van der Waals surface area contributed by atoms with E-state index in [4.69, 9.17) is 9.47 Å². The molecule has 0 radical (unpaired) electrons. The van der Waals surface area contributed by atoms with Gasteiger partial charge >= 0.3 is 0 Å². The van der Waals surface area contributed by atoms with Crippen LogP contribution < -0.4 is 20.1 Å². The van der Waals surface area contributed by atoms with E-state index >= 15 is 0 Å². The van der Waals surface area contributed by atoms with Gasteiger partial charge in [-0.1, -0.05) is 6.07 Å². The normalized spacial score (nSPS) is 10.3. The maximum absolute atomic E-state index is 12.2. The van der Waals surface area contributed by atoms with Gasteiger partial charge in [-0.05, 0) is 73.5 Å². The summed E-state index contributed by atoms with van der Waals surface area (Å²) in [5.41, 5.74) is 4.56. The average molecular weight is 391 g/mol. The minimum absolute atomic E-state index is 0.235. The number of rotatable bonds is 8. The Balaban J connectivity index is 1.47. The van der Waals surface area contributed by atoms with Crippen molar-refractivity contribution in [2.45, 2.75) is 13.8 Å². The third-order valence-corrected chi connectivity index (χ3v) is 4.22. The summed E-state index contributed by atoms with van der Waals surface area (Å²) in [5, 5.41) is 6.11. The molecule has 0 unspecified atom stereocenters. The minimum atomic E-state index is -0.235. The highest BCUT2D eigenvalue weighted by molar-refractivity contribution is 5.92. The maximum Gasteiger partial charge on any atom is 0.269 e. The minimum Gasteiger partial charge on any atom is -0.497 e. The van der Waals surface area contributed by atoms with Crippen molar-refractivity contribution >= 4 is 17.3 Å². The lowest BCUT2D eigenvalue weighted by atomic mass is 10.1. The summed E-state index contributed by atoms with van der Waals surface area (Å²) in [4.78, 5) is 16.5. The molecule has 2 aromatic carbocycles. The Morgan fingerprint density at radius 2 is 1.62 bits per heavy atom. The molecule has 0 saturated heterocycles. The predicted molar refractivity (Wildman–Crippen MR) is 114 cm³/mol. The van der Waals surface area contributed by atoms with Crippen LogP contribution in [0.25, 0.3) is 0 Å². The van der Waals surface area contributed by atoms with E-state index in [9.17, 15) is 4.79 Å². The van der Waals surface area contributed by atoms with Gasteiger partial charge in [0.2, 0.25) is 0 Å². The van der Waals surface area contributed by atoms with E-state index in [1.54, 1.807) is 19.4 Å². The molecule has 0 bridgehead atoms. The van der Waals surface area contributed by atoms with E-state index in [0.29, 0.717) is 18.8 Å². The van der Waals surface area contributed by atoms with E-state index < -0.39 is 0 Å². The number of nitrogens with zero attached hydrogens (tertiary/aromatic N) is 1. The molecule has 1 aromatic heterocycles. The van der Waals surface area contributed by atoms with Crippen LogP contribution in [0.15, 0.2) is 60.8 Å². The number of hydrogen-bond acceptors (Lipinski definition) is 5. The summed E-state index contributed by atoms with van der Waals surface area (Å²) >= 11 is 0. The van der Waals surface area contributed by atoms with Gasteiger partial charge in [0.15, 0.2) is 0 Å². The molecule has 0 saturated carbocycles. The third-order valence-electron chi connectivity index (χ3n) is 4.22. The second-order valence-corrected chi connectivity index (χ2v) is 6.71. The van der Waals surface area contributed by atoms with Gasteiger partial charge in [-0.15, -0.1) is 0 Å². The molecule has 2 N–H and O–H groups in total. The molecular formula is C23H25N3O3. The summed E-state index contributed by atoms with van der Waals surface area (Å²) in [6, 6.07) is 17.1. The summed E-state index contributed by atoms with van der Waals surface area (Å²) < 4.78 is 10.7.